The van der Waals surface area contributed by atoms with Crippen molar-refractivity contribution in [3.63, 3.8) is 0 Å². The van der Waals surface area contributed by atoms with Crippen LogP contribution in [0.5, 0.6) is 0 Å². The Bertz CT molecular complexity index is 404. The van der Waals surface area contributed by atoms with Gasteiger partial charge in [-0.3, -0.25) is 4.79 Å². The van der Waals surface area contributed by atoms with Crippen LogP contribution in [-0.4, -0.2) is 33.5 Å². The Morgan fingerprint density at radius 1 is 1.47 bits per heavy atom. The summed E-state index contributed by atoms with van der Waals surface area (Å²) in [7, 11) is 0. The zero-order valence-corrected chi connectivity index (χ0v) is 10.5. The number of nitrogens with zero attached hydrogens (tertiary/aromatic N) is 2. The molecule has 1 aromatic heterocycles. The van der Waals surface area contributed by atoms with Gasteiger partial charge < -0.3 is 16.4 Å². The molecule has 0 unspecified atom stereocenters. The Morgan fingerprint density at radius 2 is 2.18 bits per heavy atom. The molecule has 0 fully saturated rings. The number of thiocarbonyl (C=S) groups is 1. The van der Waals surface area contributed by atoms with Crippen LogP contribution in [0.15, 0.2) is 12.4 Å². The molecule has 0 aromatic carbocycles. The van der Waals surface area contributed by atoms with Crippen LogP contribution < -0.4 is 16.4 Å². The highest BCUT2D eigenvalue weighted by molar-refractivity contribution is 7.80. The highest BCUT2D eigenvalue weighted by atomic mass is 32.1. The normalized spacial score (nSPS) is 10.1. The number of aromatic nitrogens is 2. The summed E-state index contributed by atoms with van der Waals surface area (Å²) in [4.78, 5) is 19.6. The minimum atomic E-state index is -0.0970. The zero-order valence-electron chi connectivity index (χ0n) is 9.73. The highest BCUT2D eigenvalue weighted by Gasteiger charge is 2.04. The van der Waals surface area contributed by atoms with Crippen LogP contribution in [0.25, 0.3) is 0 Å². The van der Waals surface area contributed by atoms with E-state index in [1.54, 1.807) is 0 Å². The lowest BCUT2D eigenvalue weighted by atomic mass is 10.4. The van der Waals surface area contributed by atoms with Crippen molar-refractivity contribution < 1.29 is 4.79 Å². The lowest BCUT2D eigenvalue weighted by Crippen LogP contribution is -2.35. The molecule has 1 rings (SSSR count). The average molecular weight is 253 g/mol. The molecular weight excluding hydrogens is 238 g/mol. The summed E-state index contributed by atoms with van der Waals surface area (Å²) in [6.07, 6.45) is 2.95. The molecule has 17 heavy (non-hydrogen) atoms. The number of nitrogens with one attached hydrogen (secondary N) is 2. The third-order valence-corrected chi connectivity index (χ3v) is 1.99. The van der Waals surface area contributed by atoms with E-state index in [2.05, 4.69) is 20.6 Å². The van der Waals surface area contributed by atoms with Crippen molar-refractivity contribution in [3.05, 3.63) is 18.1 Å². The molecule has 0 spiro atoms. The summed E-state index contributed by atoms with van der Waals surface area (Å²) >= 11 is 4.75. The molecule has 0 atom stereocenters. The first-order valence-electron chi connectivity index (χ1n) is 5.14. The van der Waals surface area contributed by atoms with E-state index in [4.69, 9.17) is 18.0 Å². The largest absolute Gasteiger partial charge is 0.388 e. The first-order valence-corrected chi connectivity index (χ1v) is 5.55. The van der Waals surface area contributed by atoms with E-state index in [0.29, 0.717) is 11.5 Å². The number of hydrogen-bond acceptors (Lipinski definition) is 5. The summed E-state index contributed by atoms with van der Waals surface area (Å²) in [5.41, 5.74) is 5.84. The number of carbonyl (C=O) groups is 1. The zero-order chi connectivity index (χ0) is 12.8. The number of anilines is 1. The van der Waals surface area contributed by atoms with Gasteiger partial charge in [-0.25, -0.2) is 9.97 Å². The van der Waals surface area contributed by atoms with Crippen LogP contribution in [0, 0.1) is 0 Å². The third-order valence-electron chi connectivity index (χ3n) is 1.78. The van der Waals surface area contributed by atoms with Crippen LogP contribution in [-0.2, 0) is 4.79 Å². The van der Waals surface area contributed by atoms with Crippen molar-refractivity contribution in [2.45, 2.75) is 19.9 Å². The topological polar surface area (TPSA) is 92.9 Å². The Labute approximate surface area is 105 Å². The second kappa shape index (κ2) is 6.09. The highest BCUT2D eigenvalue weighted by Crippen LogP contribution is 2.00. The Balaban J connectivity index is 2.47. The van der Waals surface area contributed by atoms with Gasteiger partial charge in [0.15, 0.2) is 0 Å². The maximum Gasteiger partial charge on any atom is 0.239 e. The number of carbonyl (C=O) groups excluding carboxylic acids is 1. The predicted molar refractivity (Wildman–Crippen MR) is 69.7 cm³/mol. The quantitative estimate of drug-likeness (QED) is 0.642. The van der Waals surface area contributed by atoms with Crippen LogP contribution in [0.3, 0.4) is 0 Å². The van der Waals surface area contributed by atoms with Crippen molar-refractivity contribution in [2.24, 2.45) is 5.73 Å². The van der Waals surface area contributed by atoms with Crippen molar-refractivity contribution in [3.8, 4) is 0 Å². The molecule has 0 aliphatic heterocycles. The van der Waals surface area contributed by atoms with Crippen molar-refractivity contribution >= 4 is 28.9 Å². The standard InChI is InChI=1S/C10H15N5OS/c1-6(2)15-9(16)5-14-8-4-12-7(3-13-8)10(11)17/h3-4,6H,5H2,1-2H3,(H2,11,17)(H,13,14)(H,15,16). The molecular formula is C10H15N5OS. The molecule has 7 heteroatoms. The second-order valence-corrected chi connectivity index (χ2v) is 4.17. The summed E-state index contributed by atoms with van der Waals surface area (Å²) in [6.45, 7) is 3.95. The van der Waals surface area contributed by atoms with Crippen molar-refractivity contribution in [2.75, 3.05) is 11.9 Å². The van der Waals surface area contributed by atoms with Gasteiger partial charge in [-0.2, -0.15) is 0 Å². The van der Waals surface area contributed by atoms with Gasteiger partial charge in [0.25, 0.3) is 0 Å². The molecule has 1 aromatic rings. The SMILES string of the molecule is CC(C)NC(=O)CNc1cnc(C(N)=S)cn1. The molecule has 6 nitrogen and oxygen atoms in total. The second-order valence-electron chi connectivity index (χ2n) is 3.73. The minimum Gasteiger partial charge on any atom is -0.388 e. The van der Waals surface area contributed by atoms with E-state index < -0.39 is 0 Å². The van der Waals surface area contributed by atoms with Crippen LogP contribution in [0.4, 0.5) is 5.82 Å². The van der Waals surface area contributed by atoms with Gasteiger partial charge in [0, 0.05) is 6.04 Å². The van der Waals surface area contributed by atoms with E-state index in [9.17, 15) is 4.79 Å². The van der Waals surface area contributed by atoms with E-state index in [-0.39, 0.29) is 23.5 Å². The Hall–Kier alpha value is -1.76. The Morgan fingerprint density at radius 3 is 2.65 bits per heavy atom. The molecule has 0 aliphatic carbocycles. The van der Waals surface area contributed by atoms with E-state index >= 15 is 0 Å². The molecule has 92 valence electrons. The fraction of sp³-hybridized carbons (Fsp3) is 0.400. The third kappa shape index (κ3) is 4.73. The molecule has 1 heterocycles. The fourth-order valence-corrected chi connectivity index (χ4v) is 1.20. The molecule has 4 N–H and O–H groups in total. The lowest BCUT2D eigenvalue weighted by Gasteiger charge is -2.09. The maximum absolute atomic E-state index is 11.3. The molecule has 0 radical (unpaired) electrons. The van der Waals surface area contributed by atoms with Gasteiger partial charge in [-0.1, -0.05) is 12.2 Å². The van der Waals surface area contributed by atoms with Crippen molar-refractivity contribution in [1.29, 1.82) is 0 Å². The lowest BCUT2D eigenvalue weighted by molar-refractivity contribution is -0.119. The van der Waals surface area contributed by atoms with Gasteiger partial charge in [0.1, 0.15) is 16.5 Å². The maximum atomic E-state index is 11.3. The van der Waals surface area contributed by atoms with E-state index in [1.165, 1.54) is 12.4 Å². The summed E-state index contributed by atoms with van der Waals surface area (Å²) in [5, 5.41) is 5.60. The molecule has 1 amide bonds. The summed E-state index contributed by atoms with van der Waals surface area (Å²) < 4.78 is 0. The fourth-order valence-electron chi connectivity index (χ4n) is 1.09. The minimum absolute atomic E-state index is 0.0970. The van der Waals surface area contributed by atoms with Gasteiger partial charge in [-0.15, -0.1) is 0 Å². The molecule has 0 saturated carbocycles. The molecule has 0 aliphatic rings. The van der Waals surface area contributed by atoms with Gasteiger partial charge in [0.05, 0.1) is 18.9 Å². The first kappa shape index (κ1) is 13.3. The molecule has 0 saturated heterocycles. The predicted octanol–water partition coefficient (Wildman–Crippen LogP) is 0.0473. The van der Waals surface area contributed by atoms with E-state index in [0.717, 1.165) is 0 Å². The smallest absolute Gasteiger partial charge is 0.239 e. The monoisotopic (exact) mass is 253 g/mol. The van der Waals surface area contributed by atoms with Gasteiger partial charge in [0.2, 0.25) is 5.91 Å². The first-order chi connectivity index (χ1) is 7.99. The van der Waals surface area contributed by atoms with Crippen LogP contribution >= 0.6 is 12.2 Å². The number of rotatable bonds is 5. The average Bonchev–Trinajstić information content (AvgIpc) is 2.26. The summed E-state index contributed by atoms with van der Waals surface area (Å²) in [5.74, 6) is 0.407. The van der Waals surface area contributed by atoms with Gasteiger partial charge >= 0.3 is 0 Å². The van der Waals surface area contributed by atoms with Crippen molar-refractivity contribution in [1.82, 2.24) is 15.3 Å². The Kier molecular flexibility index (Phi) is 4.77. The number of hydrogen-bond donors (Lipinski definition) is 3. The number of amides is 1. The van der Waals surface area contributed by atoms with Gasteiger partial charge in [-0.05, 0) is 13.8 Å². The van der Waals surface area contributed by atoms with Crippen LogP contribution in [0.1, 0.15) is 19.5 Å². The molecule has 0 bridgehead atoms. The number of nitrogens with two attached hydrogens (primary N) is 1. The summed E-state index contributed by atoms with van der Waals surface area (Å²) in [6, 6.07) is 0.118. The van der Waals surface area contributed by atoms with Crippen LogP contribution in [0.2, 0.25) is 0 Å². The van der Waals surface area contributed by atoms with E-state index in [1.807, 2.05) is 13.8 Å².